The molecule has 7 heteroatoms. The topological polar surface area (TPSA) is 64.0 Å². The zero-order valence-corrected chi connectivity index (χ0v) is 22.2. The Morgan fingerprint density at radius 1 is 0.806 bits per heavy atom. The van der Waals surface area contributed by atoms with Crippen molar-refractivity contribution in [1.29, 1.82) is 0 Å². The summed E-state index contributed by atoms with van der Waals surface area (Å²) < 4.78 is 13.2. The van der Waals surface area contributed by atoms with Gasteiger partial charge in [0.2, 0.25) is 0 Å². The van der Waals surface area contributed by atoms with Gasteiger partial charge in [-0.1, -0.05) is 18.2 Å². The highest BCUT2D eigenvalue weighted by Gasteiger charge is 2.26. The van der Waals surface area contributed by atoms with Crippen LogP contribution in [0.5, 0.6) is 0 Å². The second kappa shape index (κ2) is 9.88. The fourth-order valence-corrected chi connectivity index (χ4v) is 4.36. The zero-order chi connectivity index (χ0) is 26.1. The predicted octanol–water partition coefficient (Wildman–Crippen LogP) is 5.70. The molecule has 0 unspecified atom stereocenters. The lowest BCUT2D eigenvalue weighted by Crippen LogP contribution is -2.50. The number of ether oxygens (including phenoxy) is 2. The summed E-state index contributed by atoms with van der Waals surface area (Å²) >= 11 is 0. The summed E-state index contributed by atoms with van der Waals surface area (Å²) in [5, 5.41) is 1.19. The average Bonchev–Trinajstić information content (AvgIpc) is 3.20. The summed E-state index contributed by atoms with van der Waals surface area (Å²) in [7, 11) is 0. The third kappa shape index (κ3) is 6.20. The van der Waals surface area contributed by atoms with Crippen molar-refractivity contribution in [2.75, 3.05) is 31.1 Å². The van der Waals surface area contributed by atoms with Gasteiger partial charge in [0, 0.05) is 50.0 Å². The minimum atomic E-state index is -0.514. The Morgan fingerprint density at radius 2 is 1.44 bits per heavy atom. The van der Waals surface area contributed by atoms with E-state index >= 15 is 0 Å². The van der Waals surface area contributed by atoms with Crippen LogP contribution in [0.1, 0.15) is 57.5 Å². The van der Waals surface area contributed by atoms with Crippen molar-refractivity contribution in [3.8, 4) is 0 Å². The van der Waals surface area contributed by atoms with E-state index in [2.05, 4.69) is 39.9 Å². The molecule has 1 fully saturated rings. The highest BCUT2D eigenvalue weighted by molar-refractivity contribution is 5.93. The number of piperazine rings is 1. The molecule has 192 valence electrons. The number of hydrogen-bond donors (Lipinski definition) is 0. The monoisotopic (exact) mass is 491 g/mol. The maximum atomic E-state index is 12.4. The molecule has 1 aliphatic heterocycles. The molecule has 0 saturated carbocycles. The van der Waals surface area contributed by atoms with E-state index in [4.69, 9.17) is 9.47 Å². The van der Waals surface area contributed by atoms with Gasteiger partial charge in [-0.3, -0.25) is 0 Å². The minimum Gasteiger partial charge on any atom is -0.456 e. The van der Waals surface area contributed by atoms with Gasteiger partial charge in [-0.2, -0.15) is 0 Å². The van der Waals surface area contributed by atoms with Crippen molar-refractivity contribution in [2.24, 2.45) is 0 Å². The molecule has 0 radical (unpaired) electrons. The molecular weight excluding hydrogens is 454 g/mol. The Bertz CT molecular complexity index is 1220. The Morgan fingerprint density at radius 3 is 2.06 bits per heavy atom. The number of carbonyl (C=O) groups is 2. The van der Waals surface area contributed by atoms with Gasteiger partial charge >= 0.3 is 12.1 Å². The van der Waals surface area contributed by atoms with Crippen LogP contribution in [-0.2, 0) is 16.0 Å². The quantitative estimate of drug-likeness (QED) is 0.438. The number of anilines is 1. The fourth-order valence-electron chi connectivity index (χ4n) is 4.36. The van der Waals surface area contributed by atoms with Crippen LogP contribution in [0, 0.1) is 0 Å². The van der Waals surface area contributed by atoms with Crippen LogP contribution in [0.2, 0.25) is 0 Å². The molecule has 1 saturated heterocycles. The van der Waals surface area contributed by atoms with Crippen LogP contribution in [0.15, 0.2) is 54.7 Å². The summed E-state index contributed by atoms with van der Waals surface area (Å²) in [6, 6.07) is 16.1. The zero-order valence-electron chi connectivity index (χ0n) is 22.2. The standard InChI is InChI=1S/C29H37N3O4/c1-28(2,3)35-26(33)22-12-10-21(11-13-22)20-32-15-14-23-24(8-7-9-25(23)32)30-16-18-31(19-17-30)27(34)36-29(4,5)6/h7-15H,16-20H2,1-6H3. The van der Waals surface area contributed by atoms with Crippen LogP contribution in [0.4, 0.5) is 10.5 Å². The molecule has 0 bridgehead atoms. The van der Waals surface area contributed by atoms with Gasteiger partial charge in [-0.25, -0.2) is 9.59 Å². The van der Waals surface area contributed by atoms with Gasteiger partial charge in [-0.15, -0.1) is 0 Å². The lowest BCUT2D eigenvalue weighted by Gasteiger charge is -2.37. The van der Waals surface area contributed by atoms with Gasteiger partial charge < -0.3 is 23.8 Å². The van der Waals surface area contributed by atoms with Crippen LogP contribution in [-0.4, -0.2) is 58.9 Å². The largest absolute Gasteiger partial charge is 0.456 e. The minimum absolute atomic E-state index is 0.246. The Balaban J connectivity index is 1.44. The fraction of sp³-hybridized carbons (Fsp3) is 0.448. The van der Waals surface area contributed by atoms with Crippen molar-refractivity contribution in [3.05, 3.63) is 65.9 Å². The lowest BCUT2D eigenvalue weighted by molar-refractivity contribution is 0.00687. The predicted molar refractivity (Wildman–Crippen MR) is 143 cm³/mol. The summed E-state index contributed by atoms with van der Waals surface area (Å²) in [6.07, 6.45) is 1.86. The summed E-state index contributed by atoms with van der Waals surface area (Å²) in [6.45, 7) is 14.8. The molecule has 2 heterocycles. The van der Waals surface area contributed by atoms with Gasteiger partial charge in [-0.05, 0) is 77.4 Å². The number of esters is 1. The maximum Gasteiger partial charge on any atom is 0.410 e. The van der Waals surface area contributed by atoms with Crippen LogP contribution < -0.4 is 4.90 Å². The van der Waals surface area contributed by atoms with E-state index in [1.807, 2.05) is 65.8 Å². The van der Waals surface area contributed by atoms with Crippen LogP contribution >= 0.6 is 0 Å². The van der Waals surface area contributed by atoms with E-state index in [-0.39, 0.29) is 12.1 Å². The molecule has 0 atom stereocenters. The Labute approximate surface area is 213 Å². The normalized spacial score (nSPS) is 14.7. The third-order valence-electron chi connectivity index (χ3n) is 6.00. The summed E-state index contributed by atoms with van der Waals surface area (Å²) in [5.74, 6) is -0.308. The van der Waals surface area contributed by atoms with Gasteiger partial charge in [0.15, 0.2) is 0 Å². The molecule has 0 aliphatic carbocycles. The second-order valence-corrected chi connectivity index (χ2v) is 11.3. The molecule has 0 N–H and O–H groups in total. The molecule has 2 aromatic carbocycles. The van der Waals surface area contributed by atoms with Crippen LogP contribution in [0.3, 0.4) is 0 Å². The molecule has 4 rings (SSSR count). The van der Waals surface area contributed by atoms with E-state index in [0.29, 0.717) is 25.2 Å². The molecule has 1 aromatic heterocycles. The van der Waals surface area contributed by atoms with Crippen molar-refractivity contribution in [1.82, 2.24) is 9.47 Å². The van der Waals surface area contributed by atoms with Crippen molar-refractivity contribution in [3.63, 3.8) is 0 Å². The molecular formula is C29H37N3O4. The average molecular weight is 492 g/mol. The number of nitrogens with zero attached hydrogens (tertiary/aromatic N) is 3. The highest BCUT2D eigenvalue weighted by atomic mass is 16.6. The molecule has 1 aliphatic rings. The van der Waals surface area contributed by atoms with Crippen molar-refractivity contribution in [2.45, 2.75) is 59.3 Å². The first-order chi connectivity index (χ1) is 16.9. The number of hydrogen-bond acceptors (Lipinski definition) is 5. The highest BCUT2D eigenvalue weighted by Crippen LogP contribution is 2.29. The number of rotatable bonds is 4. The molecule has 1 amide bonds. The first kappa shape index (κ1) is 25.6. The molecule has 3 aromatic rings. The number of aromatic nitrogens is 1. The molecule has 0 spiro atoms. The van der Waals surface area contributed by atoms with E-state index < -0.39 is 11.2 Å². The van der Waals surface area contributed by atoms with Gasteiger partial charge in [0.25, 0.3) is 0 Å². The Hall–Kier alpha value is -3.48. The molecule has 7 nitrogen and oxygen atoms in total. The first-order valence-electron chi connectivity index (χ1n) is 12.5. The number of benzene rings is 2. The third-order valence-corrected chi connectivity index (χ3v) is 6.00. The first-order valence-corrected chi connectivity index (χ1v) is 12.5. The number of fused-ring (bicyclic) bond motifs is 1. The summed E-state index contributed by atoms with van der Waals surface area (Å²) in [5.41, 5.74) is 2.99. The van der Waals surface area contributed by atoms with E-state index in [1.165, 1.54) is 11.1 Å². The number of carbonyl (C=O) groups excluding carboxylic acids is 2. The smallest absolute Gasteiger partial charge is 0.410 e. The van der Waals surface area contributed by atoms with Gasteiger partial charge in [0.1, 0.15) is 11.2 Å². The van der Waals surface area contributed by atoms with Crippen molar-refractivity contribution < 1.29 is 19.1 Å². The van der Waals surface area contributed by atoms with E-state index in [9.17, 15) is 9.59 Å². The second-order valence-electron chi connectivity index (χ2n) is 11.3. The Kier molecular flexibility index (Phi) is 7.03. The van der Waals surface area contributed by atoms with Crippen molar-refractivity contribution >= 4 is 28.7 Å². The van der Waals surface area contributed by atoms with E-state index in [0.717, 1.165) is 24.2 Å². The van der Waals surface area contributed by atoms with Gasteiger partial charge in [0.05, 0.1) is 11.1 Å². The summed E-state index contributed by atoms with van der Waals surface area (Å²) in [4.78, 5) is 28.9. The number of amides is 1. The van der Waals surface area contributed by atoms with E-state index in [1.54, 1.807) is 4.90 Å². The maximum absolute atomic E-state index is 12.4. The SMILES string of the molecule is CC(C)(C)OC(=O)c1ccc(Cn2ccc3c(N4CCN(C(=O)OC(C)(C)C)CC4)cccc32)cc1. The lowest BCUT2D eigenvalue weighted by atomic mass is 10.1. The molecule has 36 heavy (non-hydrogen) atoms. The van der Waals surface area contributed by atoms with Crippen LogP contribution in [0.25, 0.3) is 10.9 Å².